The van der Waals surface area contributed by atoms with Crippen LogP contribution in [-0.4, -0.2) is 26.9 Å². The molecule has 0 aliphatic carbocycles. The second kappa shape index (κ2) is 8.95. The van der Waals surface area contributed by atoms with Gasteiger partial charge in [0.05, 0.1) is 6.61 Å². The van der Waals surface area contributed by atoms with Crippen molar-refractivity contribution < 1.29 is 9.47 Å². The van der Waals surface area contributed by atoms with Crippen LogP contribution in [0.2, 0.25) is 0 Å². The predicted octanol–water partition coefficient (Wildman–Crippen LogP) is 2.91. The molecule has 0 saturated carbocycles. The van der Waals surface area contributed by atoms with Gasteiger partial charge in [0.15, 0.2) is 0 Å². The maximum absolute atomic E-state index is 5.92. The van der Waals surface area contributed by atoms with E-state index in [9.17, 15) is 0 Å². The number of ether oxygens (including phenoxy) is 2. The van der Waals surface area contributed by atoms with Gasteiger partial charge in [-0.2, -0.15) is 0 Å². The van der Waals surface area contributed by atoms with Gasteiger partial charge in [0, 0.05) is 25.8 Å². The topological polar surface area (TPSA) is 30.5 Å². The molecule has 0 aliphatic heterocycles. The first kappa shape index (κ1) is 15.0. The summed E-state index contributed by atoms with van der Waals surface area (Å²) in [5, 5.41) is 3.34. The van der Waals surface area contributed by atoms with Crippen molar-refractivity contribution in [3.8, 4) is 5.75 Å². The fourth-order valence-electron chi connectivity index (χ4n) is 1.84. The Balaban J connectivity index is 2.50. The molecule has 1 aromatic carbocycles. The van der Waals surface area contributed by atoms with Crippen molar-refractivity contribution in [1.82, 2.24) is 5.32 Å². The Morgan fingerprint density at radius 2 is 1.94 bits per heavy atom. The number of aryl methyl sites for hydroxylation is 1. The number of para-hydroxylation sites is 1. The summed E-state index contributed by atoms with van der Waals surface area (Å²) in [5.41, 5.74) is 2.45. The average molecular weight is 251 g/mol. The van der Waals surface area contributed by atoms with Gasteiger partial charge in [-0.3, -0.25) is 0 Å². The first-order chi connectivity index (χ1) is 8.79. The van der Waals surface area contributed by atoms with Gasteiger partial charge >= 0.3 is 0 Å². The molecule has 0 radical (unpaired) electrons. The lowest BCUT2D eigenvalue weighted by Gasteiger charge is -2.14. The van der Waals surface area contributed by atoms with E-state index in [1.807, 2.05) is 0 Å². The highest BCUT2D eigenvalue weighted by atomic mass is 16.5. The zero-order chi connectivity index (χ0) is 13.2. The van der Waals surface area contributed by atoms with Crippen molar-refractivity contribution in [2.24, 2.45) is 0 Å². The Labute approximate surface area is 110 Å². The third-order valence-electron chi connectivity index (χ3n) is 2.85. The van der Waals surface area contributed by atoms with Crippen LogP contribution in [0.4, 0.5) is 0 Å². The van der Waals surface area contributed by atoms with Crippen LogP contribution in [0.25, 0.3) is 0 Å². The van der Waals surface area contributed by atoms with E-state index in [-0.39, 0.29) is 0 Å². The summed E-state index contributed by atoms with van der Waals surface area (Å²) in [5.74, 6) is 1.04. The smallest absolute Gasteiger partial charge is 0.126 e. The minimum atomic E-state index is 0.757. The third kappa shape index (κ3) is 5.07. The molecule has 1 N–H and O–H groups in total. The van der Waals surface area contributed by atoms with Gasteiger partial charge in [0.2, 0.25) is 0 Å². The van der Waals surface area contributed by atoms with Crippen LogP contribution < -0.4 is 10.1 Å². The Kier molecular flexibility index (Phi) is 7.46. The quantitative estimate of drug-likeness (QED) is 0.685. The van der Waals surface area contributed by atoms with Crippen LogP contribution in [0.1, 0.15) is 30.9 Å². The maximum Gasteiger partial charge on any atom is 0.126 e. The molecule has 1 rings (SSSR count). The fraction of sp³-hybridized carbons (Fsp3) is 0.600. The van der Waals surface area contributed by atoms with Gasteiger partial charge in [-0.1, -0.05) is 25.1 Å². The lowest BCUT2D eigenvalue weighted by Crippen LogP contribution is -2.13. The molecule has 0 aromatic heterocycles. The Morgan fingerprint density at radius 1 is 1.17 bits per heavy atom. The highest BCUT2D eigenvalue weighted by molar-refractivity contribution is 5.40. The normalized spacial score (nSPS) is 10.6. The monoisotopic (exact) mass is 251 g/mol. The summed E-state index contributed by atoms with van der Waals surface area (Å²) in [4.78, 5) is 0. The lowest BCUT2D eigenvalue weighted by molar-refractivity contribution is 0.184. The molecular formula is C15H25NO2. The van der Waals surface area contributed by atoms with Crippen LogP contribution in [0.5, 0.6) is 5.75 Å². The van der Waals surface area contributed by atoms with Gasteiger partial charge in [-0.15, -0.1) is 0 Å². The van der Waals surface area contributed by atoms with Crippen LogP contribution in [0.3, 0.4) is 0 Å². The molecule has 0 atom stereocenters. The highest BCUT2D eigenvalue weighted by Crippen LogP contribution is 2.23. The second-order valence-electron chi connectivity index (χ2n) is 4.39. The van der Waals surface area contributed by atoms with Crippen molar-refractivity contribution in [3.05, 3.63) is 29.3 Å². The van der Waals surface area contributed by atoms with E-state index in [1.54, 1.807) is 7.11 Å². The van der Waals surface area contributed by atoms with Crippen LogP contribution in [-0.2, 0) is 11.3 Å². The van der Waals surface area contributed by atoms with E-state index in [1.165, 1.54) is 11.1 Å². The summed E-state index contributed by atoms with van der Waals surface area (Å²) in [6.45, 7) is 7.61. The maximum atomic E-state index is 5.92. The Hall–Kier alpha value is -1.06. The molecule has 0 aliphatic rings. The van der Waals surface area contributed by atoms with Crippen LogP contribution >= 0.6 is 0 Å². The van der Waals surface area contributed by atoms with E-state index in [0.29, 0.717) is 0 Å². The van der Waals surface area contributed by atoms with Gasteiger partial charge in [0.1, 0.15) is 5.75 Å². The first-order valence-corrected chi connectivity index (χ1v) is 6.70. The molecule has 0 fully saturated rings. The van der Waals surface area contributed by atoms with Crippen molar-refractivity contribution in [2.45, 2.75) is 33.2 Å². The van der Waals surface area contributed by atoms with Crippen LogP contribution in [0.15, 0.2) is 18.2 Å². The van der Waals surface area contributed by atoms with E-state index >= 15 is 0 Å². The van der Waals surface area contributed by atoms with E-state index in [2.05, 4.69) is 37.4 Å². The fourth-order valence-corrected chi connectivity index (χ4v) is 1.84. The standard InChI is InChI=1S/C15H25NO2/c1-4-16-12-14-9-7-8-13(2)15(14)18-11-6-5-10-17-3/h7-9,16H,4-6,10-12H2,1-3H3. The Bertz CT molecular complexity index is 339. The van der Waals surface area contributed by atoms with Gasteiger partial charge < -0.3 is 14.8 Å². The molecule has 1 aromatic rings. The highest BCUT2D eigenvalue weighted by Gasteiger charge is 2.06. The molecule has 0 amide bonds. The van der Waals surface area contributed by atoms with Crippen molar-refractivity contribution >= 4 is 0 Å². The molecule has 0 spiro atoms. The summed E-state index contributed by atoms with van der Waals surface area (Å²) < 4.78 is 10.9. The SMILES string of the molecule is CCNCc1cccc(C)c1OCCCCOC. The lowest BCUT2D eigenvalue weighted by atomic mass is 10.1. The number of methoxy groups -OCH3 is 1. The van der Waals surface area contributed by atoms with Crippen molar-refractivity contribution in [1.29, 1.82) is 0 Å². The van der Waals surface area contributed by atoms with E-state index in [0.717, 1.165) is 44.9 Å². The third-order valence-corrected chi connectivity index (χ3v) is 2.85. The molecule has 18 heavy (non-hydrogen) atoms. The van der Waals surface area contributed by atoms with Gasteiger partial charge in [0.25, 0.3) is 0 Å². The number of unbranched alkanes of at least 4 members (excludes halogenated alkanes) is 1. The minimum Gasteiger partial charge on any atom is -0.493 e. The van der Waals surface area contributed by atoms with E-state index < -0.39 is 0 Å². The summed E-state index contributed by atoms with van der Waals surface area (Å²) in [7, 11) is 1.73. The molecule has 0 saturated heterocycles. The largest absolute Gasteiger partial charge is 0.493 e. The van der Waals surface area contributed by atoms with Crippen molar-refractivity contribution in [2.75, 3.05) is 26.9 Å². The summed E-state index contributed by atoms with van der Waals surface area (Å²) in [6, 6.07) is 6.31. The molecular weight excluding hydrogens is 226 g/mol. The average Bonchev–Trinajstić information content (AvgIpc) is 2.38. The minimum absolute atomic E-state index is 0.757. The summed E-state index contributed by atoms with van der Waals surface area (Å²) >= 11 is 0. The first-order valence-electron chi connectivity index (χ1n) is 6.70. The van der Waals surface area contributed by atoms with Crippen molar-refractivity contribution in [3.63, 3.8) is 0 Å². The molecule has 3 nitrogen and oxygen atoms in total. The number of rotatable bonds is 9. The second-order valence-corrected chi connectivity index (χ2v) is 4.39. The molecule has 0 bridgehead atoms. The summed E-state index contributed by atoms with van der Waals surface area (Å²) in [6.07, 6.45) is 2.08. The molecule has 0 heterocycles. The number of hydrogen-bond acceptors (Lipinski definition) is 3. The van der Waals surface area contributed by atoms with Crippen LogP contribution in [0, 0.1) is 6.92 Å². The zero-order valence-corrected chi connectivity index (χ0v) is 11.8. The number of nitrogens with one attached hydrogen (secondary N) is 1. The Morgan fingerprint density at radius 3 is 2.67 bits per heavy atom. The van der Waals surface area contributed by atoms with E-state index in [4.69, 9.17) is 9.47 Å². The molecule has 0 unspecified atom stereocenters. The van der Waals surface area contributed by atoms with Gasteiger partial charge in [-0.25, -0.2) is 0 Å². The number of benzene rings is 1. The predicted molar refractivity (Wildman–Crippen MR) is 75.2 cm³/mol. The molecule has 3 heteroatoms. The molecule has 102 valence electrons. The number of hydrogen-bond donors (Lipinski definition) is 1. The zero-order valence-electron chi connectivity index (χ0n) is 11.8. The van der Waals surface area contributed by atoms with Gasteiger partial charge in [-0.05, 0) is 31.9 Å².